The van der Waals surface area contributed by atoms with Gasteiger partial charge in [-0.05, 0) is 49.8 Å². The molecule has 0 aromatic heterocycles. The minimum absolute atomic E-state index is 0.00693. The topological polar surface area (TPSA) is 49.4 Å². The molecule has 1 aromatic rings. The van der Waals surface area contributed by atoms with Gasteiger partial charge >= 0.3 is 0 Å². The third-order valence-electron chi connectivity index (χ3n) is 4.31. The smallest absolute Gasteiger partial charge is 0.224 e. The Morgan fingerprint density at radius 2 is 1.91 bits per heavy atom. The van der Waals surface area contributed by atoms with Crippen molar-refractivity contribution >= 4 is 17.5 Å². The maximum Gasteiger partial charge on any atom is 0.224 e. The Hall–Kier alpha value is -2.10. The number of carbonyl (C=O) groups is 2. The van der Waals surface area contributed by atoms with Gasteiger partial charge in [-0.25, -0.2) is 0 Å². The summed E-state index contributed by atoms with van der Waals surface area (Å²) in [6.45, 7) is 2.25. The first-order chi connectivity index (χ1) is 11.1. The Balaban J connectivity index is 1.76. The molecule has 1 aromatic carbocycles. The molecule has 0 radical (unpaired) electrons. The monoisotopic (exact) mass is 314 g/mol. The number of hydrogen-bond donors (Lipinski definition) is 1. The molecule has 1 aliphatic carbocycles. The van der Waals surface area contributed by atoms with Crippen LogP contribution in [-0.2, 0) is 16.0 Å². The van der Waals surface area contributed by atoms with Crippen LogP contribution in [0.15, 0.2) is 35.9 Å². The molecule has 4 nitrogen and oxygen atoms in total. The van der Waals surface area contributed by atoms with E-state index in [9.17, 15) is 9.59 Å². The summed E-state index contributed by atoms with van der Waals surface area (Å²) in [5.74, 6) is 0.0431. The van der Waals surface area contributed by atoms with Crippen molar-refractivity contribution in [3.8, 4) is 0 Å². The molecule has 0 saturated heterocycles. The molecule has 2 amide bonds. The predicted molar refractivity (Wildman–Crippen MR) is 93.4 cm³/mol. The van der Waals surface area contributed by atoms with E-state index in [0.717, 1.165) is 24.2 Å². The summed E-state index contributed by atoms with van der Waals surface area (Å²) in [6, 6.07) is 7.55. The minimum atomic E-state index is -0.00693. The van der Waals surface area contributed by atoms with E-state index in [0.29, 0.717) is 6.42 Å². The fraction of sp³-hybridized carbons (Fsp3) is 0.474. The van der Waals surface area contributed by atoms with Crippen molar-refractivity contribution in [1.82, 2.24) is 5.32 Å². The molecule has 2 rings (SSSR count). The lowest BCUT2D eigenvalue weighted by atomic mass is 9.97. The molecule has 4 heteroatoms. The van der Waals surface area contributed by atoms with Crippen molar-refractivity contribution < 1.29 is 9.59 Å². The normalized spacial score (nSPS) is 14.1. The molecular formula is C19H26N2O2. The molecule has 0 fully saturated rings. The van der Waals surface area contributed by atoms with Crippen molar-refractivity contribution in [1.29, 1.82) is 0 Å². The predicted octanol–water partition coefficient (Wildman–Crippen LogP) is 3.22. The Bertz CT molecular complexity index is 576. The molecule has 1 aliphatic rings. The average Bonchev–Trinajstić information content (AvgIpc) is 2.56. The number of hydrogen-bond acceptors (Lipinski definition) is 2. The highest BCUT2D eigenvalue weighted by molar-refractivity contribution is 5.90. The maximum absolute atomic E-state index is 12.0. The number of nitrogens with zero attached hydrogens (tertiary/aromatic N) is 1. The minimum Gasteiger partial charge on any atom is -0.355 e. The lowest BCUT2D eigenvalue weighted by molar-refractivity contribution is -0.120. The summed E-state index contributed by atoms with van der Waals surface area (Å²) >= 11 is 0. The number of anilines is 1. The fourth-order valence-corrected chi connectivity index (χ4v) is 2.76. The van der Waals surface area contributed by atoms with Crippen LogP contribution < -0.4 is 10.2 Å². The first-order valence-corrected chi connectivity index (χ1v) is 8.34. The molecule has 0 atom stereocenters. The van der Waals surface area contributed by atoms with Gasteiger partial charge in [-0.15, -0.1) is 0 Å². The first kappa shape index (κ1) is 17.3. The number of allylic oxidation sites excluding steroid dienone is 1. The van der Waals surface area contributed by atoms with Gasteiger partial charge in [-0.2, -0.15) is 0 Å². The van der Waals surface area contributed by atoms with Crippen molar-refractivity contribution in [3.05, 3.63) is 41.5 Å². The van der Waals surface area contributed by atoms with Crippen molar-refractivity contribution in [2.24, 2.45) is 0 Å². The van der Waals surface area contributed by atoms with Gasteiger partial charge in [0.2, 0.25) is 11.8 Å². The quantitative estimate of drug-likeness (QED) is 0.820. The van der Waals surface area contributed by atoms with Crippen LogP contribution in [-0.4, -0.2) is 25.4 Å². The highest BCUT2D eigenvalue weighted by atomic mass is 16.2. The van der Waals surface area contributed by atoms with E-state index >= 15 is 0 Å². The van der Waals surface area contributed by atoms with E-state index in [4.69, 9.17) is 0 Å². The second-order valence-electron chi connectivity index (χ2n) is 6.13. The summed E-state index contributed by atoms with van der Waals surface area (Å²) in [5, 5.41) is 2.99. The van der Waals surface area contributed by atoms with Crippen molar-refractivity contribution in [3.63, 3.8) is 0 Å². The number of rotatable bonds is 6. The van der Waals surface area contributed by atoms with E-state index < -0.39 is 0 Å². The molecule has 1 N–H and O–H groups in total. The van der Waals surface area contributed by atoms with Crippen LogP contribution in [0, 0.1) is 0 Å². The highest BCUT2D eigenvalue weighted by Crippen LogP contribution is 2.19. The van der Waals surface area contributed by atoms with Crippen LogP contribution in [0.25, 0.3) is 0 Å². The zero-order valence-electron chi connectivity index (χ0n) is 14.1. The van der Waals surface area contributed by atoms with Gasteiger partial charge in [0.25, 0.3) is 0 Å². The SMILES string of the molecule is CC(=O)N(C)c1ccc(CC(=O)NCCC2=CCCCC2)cc1. The molecule has 0 heterocycles. The highest BCUT2D eigenvalue weighted by Gasteiger charge is 2.08. The molecule has 124 valence electrons. The summed E-state index contributed by atoms with van der Waals surface area (Å²) < 4.78 is 0. The van der Waals surface area contributed by atoms with Gasteiger partial charge in [-0.3, -0.25) is 9.59 Å². The van der Waals surface area contributed by atoms with Crippen molar-refractivity contribution in [2.45, 2.75) is 45.4 Å². The molecule has 0 spiro atoms. The molecule has 0 unspecified atom stereocenters. The Kier molecular flexibility index (Phi) is 6.39. The zero-order valence-corrected chi connectivity index (χ0v) is 14.1. The van der Waals surface area contributed by atoms with Gasteiger partial charge in [0.05, 0.1) is 6.42 Å². The Morgan fingerprint density at radius 3 is 2.52 bits per heavy atom. The van der Waals surface area contributed by atoms with Gasteiger partial charge in [0.1, 0.15) is 0 Å². The second-order valence-corrected chi connectivity index (χ2v) is 6.13. The third-order valence-corrected chi connectivity index (χ3v) is 4.31. The first-order valence-electron chi connectivity index (χ1n) is 8.34. The van der Waals surface area contributed by atoms with Crippen LogP contribution in [0.5, 0.6) is 0 Å². The van der Waals surface area contributed by atoms with E-state index in [1.807, 2.05) is 24.3 Å². The van der Waals surface area contributed by atoms with E-state index in [1.54, 1.807) is 11.9 Å². The summed E-state index contributed by atoms with van der Waals surface area (Å²) in [6.07, 6.45) is 8.61. The molecular weight excluding hydrogens is 288 g/mol. The van der Waals surface area contributed by atoms with E-state index in [-0.39, 0.29) is 11.8 Å². The van der Waals surface area contributed by atoms with Gasteiger partial charge < -0.3 is 10.2 Å². The largest absolute Gasteiger partial charge is 0.355 e. The van der Waals surface area contributed by atoms with Gasteiger partial charge in [0.15, 0.2) is 0 Å². The fourth-order valence-electron chi connectivity index (χ4n) is 2.76. The standard InChI is InChI=1S/C19H26N2O2/c1-15(22)21(2)18-10-8-17(9-11-18)14-19(23)20-13-12-16-6-4-3-5-7-16/h6,8-11H,3-5,7,12-14H2,1-2H3,(H,20,23). The van der Waals surface area contributed by atoms with Gasteiger partial charge in [0, 0.05) is 26.2 Å². The lowest BCUT2D eigenvalue weighted by Gasteiger charge is -2.15. The van der Waals surface area contributed by atoms with Gasteiger partial charge in [-0.1, -0.05) is 23.8 Å². The molecule has 0 saturated carbocycles. The van der Waals surface area contributed by atoms with Crippen LogP contribution in [0.3, 0.4) is 0 Å². The van der Waals surface area contributed by atoms with E-state index in [1.165, 1.54) is 38.2 Å². The Labute approximate surface area is 138 Å². The average molecular weight is 314 g/mol. The number of benzene rings is 1. The third kappa shape index (κ3) is 5.55. The number of nitrogens with one attached hydrogen (secondary N) is 1. The maximum atomic E-state index is 12.0. The number of carbonyl (C=O) groups excluding carboxylic acids is 2. The summed E-state index contributed by atoms with van der Waals surface area (Å²) in [5.41, 5.74) is 3.28. The van der Waals surface area contributed by atoms with Crippen LogP contribution >= 0.6 is 0 Å². The van der Waals surface area contributed by atoms with Crippen molar-refractivity contribution in [2.75, 3.05) is 18.5 Å². The summed E-state index contributed by atoms with van der Waals surface area (Å²) in [7, 11) is 1.74. The van der Waals surface area contributed by atoms with Crippen LogP contribution in [0.4, 0.5) is 5.69 Å². The lowest BCUT2D eigenvalue weighted by Crippen LogP contribution is -2.26. The molecule has 0 aliphatic heterocycles. The second kappa shape index (κ2) is 8.51. The van der Waals surface area contributed by atoms with Crippen LogP contribution in [0.2, 0.25) is 0 Å². The number of amides is 2. The Morgan fingerprint density at radius 1 is 1.17 bits per heavy atom. The van der Waals surface area contributed by atoms with Crippen LogP contribution in [0.1, 0.15) is 44.6 Å². The molecule has 0 bridgehead atoms. The zero-order chi connectivity index (χ0) is 16.7. The van der Waals surface area contributed by atoms with E-state index in [2.05, 4.69) is 11.4 Å². The molecule has 23 heavy (non-hydrogen) atoms. The summed E-state index contributed by atoms with van der Waals surface area (Å²) in [4.78, 5) is 24.9.